The van der Waals surface area contributed by atoms with E-state index in [-0.39, 0.29) is 5.91 Å². The topological polar surface area (TPSA) is 51.1 Å². The van der Waals surface area contributed by atoms with E-state index in [2.05, 4.69) is 5.32 Å². The summed E-state index contributed by atoms with van der Waals surface area (Å²) in [6.07, 6.45) is 2.42. The van der Waals surface area contributed by atoms with Crippen LogP contribution in [0.1, 0.15) is 10.4 Å². The van der Waals surface area contributed by atoms with Crippen LogP contribution in [-0.4, -0.2) is 16.9 Å². The van der Waals surface area contributed by atoms with E-state index in [1.165, 1.54) is 4.57 Å². The van der Waals surface area contributed by atoms with Crippen molar-refractivity contribution in [3.05, 3.63) is 66.4 Å². The fourth-order valence-corrected chi connectivity index (χ4v) is 2.17. The van der Waals surface area contributed by atoms with Crippen LogP contribution in [0.4, 0.5) is 5.69 Å². The fourth-order valence-electron chi connectivity index (χ4n) is 2.17. The van der Waals surface area contributed by atoms with Gasteiger partial charge in [0, 0.05) is 17.1 Å². The largest absolute Gasteiger partial charge is 0.321 e. The van der Waals surface area contributed by atoms with Crippen LogP contribution in [0.25, 0.3) is 10.9 Å². The maximum Gasteiger partial charge on any atom is 0.255 e. The molecular formula is C16H12N2O2. The number of benzene rings is 2. The van der Waals surface area contributed by atoms with Crippen molar-refractivity contribution in [2.24, 2.45) is 0 Å². The van der Waals surface area contributed by atoms with E-state index in [4.69, 9.17) is 0 Å². The summed E-state index contributed by atoms with van der Waals surface area (Å²) < 4.78 is 1.48. The molecule has 2 aromatic carbocycles. The molecule has 0 unspecified atom stereocenters. The highest BCUT2D eigenvalue weighted by atomic mass is 16.1. The maximum absolute atomic E-state index is 12.1. The van der Waals surface area contributed by atoms with Crippen LogP contribution >= 0.6 is 0 Å². The van der Waals surface area contributed by atoms with Crippen molar-refractivity contribution in [1.82, 2.24) is 4.57 Å². The Morgan fingerprint density at radius 3 is 2.55 bits per heavy atom. The Morgan fingerprint density at radius 1 is 1.00 bits per heavy atom. The number of anilines is 1. The summed E-state index contributed by atoms with van der Waals surface area (Å²) in [6.45, 7) is 0. The lowest BCUT2D eigenvalue weighted by Gasteiger charge is -2.07. The van der Waals surface area contributed by atoms with Crippen LogP contribution in [-0.2, 0) is 4.79 Å². The van der Waals surface area contributed by atoms with Crippen LogP contribution in [0.2, 0.25) is 0 Å². The van der Waals surface area contributed by atoms with Gasteiger partial charge in [0.1, 0.15) is 0 Å². The predicted octanol–water partition coefficient (Wildman–Crippen LogP) is 2.93. The molecule has 0 aliphatic heterocycles. The van der Waals surface area contributed by atoms with Gasteiger partial charge >= 0.3 is 0 Å². The van der Waals surface area contributed by atoms with Crippen molar-refractivity contribution in [3.63, 3.8) is 0 Å². The van der Waals surface area contributed by atoms with E-state index in [1.807, 2.05) is 42.5 Å². The summed E-state index contributed by atoms with van der Waals surface area (Å²) in [7, 11) is 0. The molecule has 0 saturated heterocycles. The highest BCUT2D eigenvalue weighted by molar-refractivity contribution is 6.09. The number of carbonyl (C=O) groups is 2. The lowest BCUT2D eigenvalue weighted by atomic mass is 10.2. The molecule has 0 radical (unpaired) electrons. The minimum absolute atomic E-state index is 0.169. The molecule has 4 heteroatoms. The van der Waals surface area contributed by atoms with Crippen LogP contribution in [0.3, 0.4) is 0 Å². The highest BCUT2D eigenvalue weighted by Gasteiger charge is 2.09. The molecule has 98 valence electrons. The first-order valence-electron chi connectivity index (χ1n) is 6.21. The van der Waals surface area contributed by atoms with Gasteiger partial charge in [-0.15, -0.1) is 0 Å². The summed E-state index contributed by atoms with van der Waals surface area (Å²) in [5.41, 5.74) is 2.06. The molecule has 0 aliphatic rings. The van der Waals surface area contributed by atoms with Crippen LogP contribution in [0.5, 0.6) is 0 Å². The number of hydrogen-bond donors (Lipinski definition) is 1. The summed E-state index contributed by atoms with van der Waals surface area (Å²) in [5.74, 6) is -0.169. The molecule has 0 aliphatic carbocycles. The number of nitrogens with zero attached hydrogens (tertiary/aromatic N) is 1. The van der Waals surface area contributed by atoms with Gasteiger partial charge in [-0.05, 0) is 30.3 Å². The second-order valence-corrected chi connectivity index (χ2v) is 4.39. The molecule has 0 atom stereocenters. The monoisotopic (exact) mass is 264 g/mol. The molecular weight excluding hydrogens is 252 g/mol. The molecule has 0 saturated carbocycles. The Morgan fingerprint density at radius 2 is 1.80 bits per heavy atom. The number of fused-ring (bicyclic) bond motifs is 1. The minimum atomic E-state index is -0.169. The molecule has 0 fully saturated rings. The second-order valence-electron chi connectivity index (χ2n) is 4.39. The predicted molar refractivity (Wildman–Crippen MR) is 78.5 cm³/mol. The van der Waals surface area contributed by atoms with E-state index in [9.17, 15) is 9.59 Å². The summed E-state index contributed by atoms with van der Waals surface area (Å²) in [5, 5.41) is 3.71. The zero-order chi connectivity index (χ0) is 13.9. The van der Waals surface area contributed by atoms with Crippen molar-refractivity contribution in [3.8, 4) is 0 Å². The van der Waals surface area contributed by atoms with Crippen LogP contribution in [0.15, 0.2) is 60.8 Å². The third kappa shape index (κ3) is 2.07. The standard InChI is InChI=1S/C16H12N2O2/c19-11-18-10-9-13-14(7-4-8-15(13)18)17-16(20)12-5-2-1-3-6-12/h1-11H,(H,17,20). The number of rotatable bonds is 3. The number of nitrogens with one attached hydrogen (secondary N) is 1. The van der Waals surface area contributed by atoms with Gasteiger partial charge in [-0.2, -0.15) is 0 Å². The molecule has 0 bridgehead atoms. The summed E-state index contributed by atoms with van der Waals surface area (Å²) in [6, 6.07) is 16.3. The van der Waals surface area contributed by atoms with Gasteiger partial charge < -0.3 is 5.32 Å². The van der Waals surface area contributed by atoms with E-state index < -0.39 is 0 Å². The Bertz CT molecular complexity index is 776. The van der Waals surface area contributed by atoms with Crippen molar-refractivity contribution < 1.29 is 9.59 Å². The molecule has 3 rings (SSSR count). The molecule has 0 spiro atoms. The maximum atomic E-state index is 12.1. The van der Waals surface area contributed by atoms with Gasteiger partial charge in [0.05, 0.1) is 11.2 Å². The number of carbonyl (C=O) groups excluding carboxylic acids is 2. The van der Waals surface area contributed by atoms with Crippen LogP contribution in [0, 0.1) is 0 Å². The minimum Gasteiger partial charge on any atom is -0.321 e. The normalized spacial score (nSPS) is 10.4. The van der Waals surface area contributed by atoms with Gasteiger partial charge in [0.2, 0.25) is 6.41 Å². The smallest absolute Gasteiger partial charge is 0.255 e. The van der Waals surface area contributed by atoms with Gasteiger partial charge in [-0.25, -0.2) is 0 Å². The highest BCUT2D eigenvalue weighted by Crippen LogP contribution is 2.24. The lowest BCUT2D eigenvalue weighted by Crippen LogP contribution is -2.11. The van der Waals surface area contributed by atoms with Gasteiger partial charge in [0.15, 0.2) is 0 Å². The van der Waals surface area contributed by atoms with E-state index in [0.29, 0.717) is 11.3 Å². The number of hydrogen-bond acceptors (Lipinski definition) is 2. The summed E-state index contributed by atoms with van der Waals surface area (Å²) in [4.78, 5) is 23.1. The Hall–Kier alpha value is -2.88. The third-order valence-electron chi connectivity index (χ3n) is 3.16. The Balaban J connectivity index is 1.97. The van der Waals surface area contributed by atoms with Gasteiger partial charge in [-0.3, -0.25) is 14.2 Å². The average molecular weight is 264 g/mol. The van der Waals surface area contributed by atoms with Gasteiger partial charge in [0.25, 0.3) is 5.91 Å². The third-order valence-corrected chi connectivity index (χ3v) is 3.16. The number of aromatic nitrogens is 1. The first-order chi connectivity index (χ1) is 9.79. The van der Waals surface area contributed by atoms with Crippen molar-refractivity contribution >= 4 is 28.9 Å². The lowest BCUT2D eigenvalue weighted by molar-refractivity contribution is 0.102. The van der Waals surface area contributed by atoms with E-state index in [1.54, 1.807) is 18.3 Å². The molecule has 1 aromatic heterocycles. The van der Waals surface area contributed by atoms with Crippen molar-refractivity contribution in [2.45, 2.75) is 0 Å². The van der Waals surface area contributed by atoms with E-state index in [0.717, 1.165) is 17.3 Å². The number of amides is 1. The zero-order valence-electron chi connectivity index (χ0n) is 10.6. The molecule has 1 N–H and O–H groups in total. The second kappa shape index (κ2) is 5.01. The quantitative estimate of drug-likeness (QED) is 0.739. The first-order valence-corrected chi connectivity index (χ1v) is 6.21. The molecule has 3 aromatic rings. The van der Waals surface area contributed by atoms with Gasteiger partial charge in [-0.1, -0.05) is 24.3 Å². The molecule has 1 heterocycles. The van der Waals surface area contributed by atoms with Crippen molar-refractivity contribution in [2.75, 3.05) is 5.32 Å². The average Bonchev–Trinajstić information content (AvgIpc) is 2.92. The van der Waals surface area contributed by atoms with Crippen molar-refractivity contribution in [1.29, 1.82) is 0 Å². The molecule has 20 heavy (non-hydrogen) atoms. The zero-order valence-corrected chi connectivity index (χ0v) is 10.6. The first kappa shape index (κ1) is 12.2. The molecule has 4 nitrogen and oxygen atoms in total. The Kier molecular flexibility index (Phi) is 3.05. The summed E-state index contributed by atoms with van der Waals surface area (Å²) >= 11 is 0. The molecule has 1 amide bonds. The van der Waals surface area contributed by atoms with E-state index >= 15 is 0 Å². The van der Waals surface area contributed by atoms with Crippen LogP contribution < -0.4 is 5.32 Å². The Labute approximate surface area is 115 Å². The fraction of sp³-hybridized carbons (Fsp3) is 0. The SMILES string of the molecule is O=Cn1ccc2c(NC(=O)c3ccccc3)cccc21.